The summed E-state index contributed by atoms with van der Waals surface area (Å²) in [6.45, 7) is 9.20. The van der Waals surface area contributed by atoms with Crippen LogP contribution in [0.1, 0.15) is 53.4 Å². The highest BCUT2D eigenvalue weighted by Gasteiger charge is 2.39. The lowest BCUT2D eigenvalue weighted by Gasteiger charge is -2.21. The van der Waals surface area contributed by atoms with Gasteiger partial charge in [-0.2, -0.15) is 0 Å². The summed E-state index contributed by atoms with van der Waals surface area (Å²) < 4.78 is 6.33. The Hall–Kier alpha value is -0.395. The van der Waals surface area contributed by atoms with Crippen molar-refractivity contribution in [2.24, 2.45) is 17.8 Å². The van der Waals surface area contributed by atoms with E-state index >= 15 is 0 Å². The van der Waals surface area contributed by atoms with Gasteiger partial charge in [-0.25, -0.2) is 0 Å². The summed E-state index contributed by atoms with van der Waals surface area (Å²) in [4.78, 5) is 0. The molecule has 3 atom stereocenters. The van der Waals surface area contributed by atoms with Gasteiger partial charge in [0.15, 0.2) is 0 Å². The molecule has 17 heavy (non-hydrogen) atoms. The first-order valence-corrected chi connectivity index (χ1v) is 7.41. The van der Waals surface area contributed by atoms with Crippen molar-refractivity contribution >= 4 is 7.85 Å². The fourth-order valence-corrected chi connectivity index (χ4v) is 3.63. The molecule has 0 N–H and O–H groups in total. The van der Waals surface area contributed by atoms with E-state index in [9.17, 15) is 0 Å². The van der Waals surface area contributed by atoms with Gasteiger partial charge >= 0.3 is 0 Å². The fraction of sp³-hybridized carbons (Fsp3) is 0.867. The first-order chi connectivity index (χ1) is 8.00. The minimum Gasteiger partial charge on any atom is -0.494 e. The van der Waals surface area contributed by atoms with Gasteiger partial charge in [0.1, 0.15) is 14.0 Å². The van der Waals surface area contributed by atoms with E-state index < -0.39 is 0 Å². The largest absolute Gasteiger partial charge is 0.494 e. The number of allylic oxidation sites excluding steroid dienone is 1. The predicted molar refractivity (Wildman–Crippen MR) is 75.8 cm³/mol. The van der Waals surface area contributed by atoms with Crippen molar-refractivity contribution in [1.29, 1.82) is 0 Å². The molecule has 0 aromatic heterocycles. The Bertz CT molecular complexity index is 306. The average Bonchev–Trinajstić information content (AvgIpc) is 2.48. The second kappa shape index (κ2) is 5.08. The van der Waals surface area contributed by atoms with E-state index in [-0.39, 0.29) is 0 Å². The van der Waals surface area contributed by atoms with Crippen molar-refractivity contribution in [3.05, 3.63) is 11.3 Å². The summed E-state index contributed by atoms with van der Waals surface area (Å²) in [5.41, 5.74) is 1.64. The third-order valence-corrected chi connectivity index (χ3v) is 4.40. The molecule has 2 aliphatic rings. The average molecular weight is 234 g/mol. The first kappa shape index (κ1) is 13.0. The smallest absolute Gasteiger partial charge is 0.105 e. The third-order valence-electron chi connectivity index (χ3n) is 4.40. The second-order valence-corrected chi connectivity index (χ2v) is 6.66. The Kier molecular flexibility index (Phi) is 3.90. The number of hydrogen-bond acceptors (Lipinski definition) is 1. The molecule has 0 bridgehead atoms. The van der Waals surface area contributed by atoms with Gasteiger partial charge in [0.05, 0.1) is 5.76 Å². The van der Waals surface area contributed by atoms with Gasteiger partial charge < -0.3 is 4.74 Å². The summed E-state index contributed by atoms with van der Waals surface area (Å²) in [6, 6.07) is 0. The van der Waals surface area contributed by atoms with E-state index in [1.54, 1.807) is 5.57 Å². The van der Waals surface area contributed by atoms with E-state index in [2.05, 4.69) is 35.5 Å². The minimum atomic E-state index is 0.488. The zero-order valence-corrected chi connectivity index (χ0v) is 12.1. The zero-order chi connectivity index (χ0) is 12.6. The van der Waals surface area contributed by atoms with Crippen LogP contribution in [-0.2, 0) is 4.74 Å². The molecule has 3 unspecified atom stereocenters. The van der Waals surface area contributed by atoms with Crippen molar-refractivity contribution < 1.29 is 4.74 Å². The van der Waals surface area contributed by atoms with Gasteiger partial charge in [0.2, 0.25) is 0 Å². The molecule has 2 rings (SSSR count). The molecule has 1 heterocycles. The highest BCUT2D eigenvalue weighted by Crippen LogP contribution is 2.46. The Morgan fingerprint density at radius 1 is 1.12 bits per heavy atom. The summed E-state index contributed by atoms with van der Waals surface area (Å²) in [7, 11) is 2.38. The monoisotopic (exact) mass is 234 g/mol. The fourth-order valence-electron chi connectivity index (χ4n) is 3.63. The van der Waals surface area contributed by atoms with Gasteiger partial charge in [0.25, 0.3) is 0 Å². The molecule has 0 amide bonds. The molecule has 0 radical (unpaired) electrons. The molecule has 2 heteroatoms. The third kappa shape index (κ3) is 2.56. The Labute approximate surface area is 107 Å². The Balaban J connectivity index is 2.25. The normalized spacial score (nSPS) is 33.9. The molecule has 1 aliphatic heterocycles. The van der Waals surface area contributed by atoms with E-state index in [0.29, 0.717) is 17.9 Å². The van der Waals surface area contributed by atoms with Crippen LogP contribution < -0.4 is 0 Å². The number of fused-ring (bicyclic) bond motifs is 1. The van der Waals surface area contributed by atoms with Crippen LogP contribution in [0.15, 0.2) is 11.3 Å². The van der Waals surface area contributed by atoms with Crippen LogP contribution in [0.5, 0.6) is 0 Å². The van der Waals surface area contributed by atoms with Crippen LogP contribution in [0.4, 0.5) is 0 Å². The molecule has 1 nitrogen and oxygen atoms in total. The maximum Gasteiger partial charge on any atom is 0.105 e. The van der Waals surface area contributed by atoms with Crippen LogP contribution in [0.2, 0.25) is 5.82 Å². The molecule has 0 aromatic carbocycles. The summed E-state index contributed by atoms with van der Waals surface area (Å²) >= 11 is 0. The molecule has 0 aromatic rings. The summed E-state index contributed by atoms with van der Waals surface area (Å²) in [5.74, 6) is 4.08. The van der Waals surface area contributed by atoms with Gasteiger partial charge in [0, 0.05) is 11.8 Å². The molecule has 0 saturated heterocycles. The van der Waals surface area contributed by atoms with E-state index in [4.69, 9.17) is 4.74 Å². The maximum atomic E-state index is 6.33. The Morgan fingerprint density at radius 3 is 2.41 bits per heavy atom. The lowest BCUT2D eigenvalue weighted by atomic mass is 9.79. The van der Waals surface area contributed by atoms with Gasteiger partial charge in [-0.1, -0.05) is 46.4 Å². The van der Waals surface area contributed by atoms with Crippen molar-refractivity contribution in [2.75, 3.05) is 0 Å². The molecule has 1 fully saturated rings. The zero-order valence-electron chi connectivity index (χ0n) is 12.1. The van der Waals surface area contributed by atoms with Crippen LogP contribution in [0, 0.1) is 17.8 Å². The van der Waals surface area contributed by atoms with Crippen LogP contribution in [-0.4, -0.2) is 14.0 Å². The van der Waals surface area contributed by atoms with Crippen LogP contribution in [0.3, 0.4) is 0 Å². The molecule has 1 aliphatic carbocycles. The molecular formula is C15H27BO. The number of hydrogen-bond donors (Lipinski definition) is 0. The lowest BCUT2D eigenvalue weighted by molar-refractivity contribution is 0.0917. The maximum absolute atomic E-state index is 6.33. The first-order valence-electron chi connectivity index (χ1n) is 7.41. The lowest BCUT2D eigenvalue weighted by Crippen LogP contribution is -2.19. The minimum absolute atomic E-state index is 0.488. The van der Waals surface area contributed by atoms with Crippen molar-refractivity contribution in [2.45, 2.75) is 65.3 Å². The standard InChI is InChI=1S/C15H27BO/c1-9(2)14-12-7-5-6-11(16)8-13(12)17-15(14)10(3)4/h9-13H,5-8,16H2,1-4H3. The highest BCUT2D eigenvalue weighted by atomic mass is 16.5. The van der Waals surface area contributed by atoms with E-state index in [0.717, 1.165) is 11.7 Å². The van der Waals surface area contributed by atoms with Gasteiger partial charge in [-0.3, -0.25) is 0 Å². The van der Waals surface area contributed by atoms with Gasteiger partial charge in [-0.15, -0.1) is 0 Å². The van der Waals surface area contributed by atoms with E-state index in [1.165, 1.54) is 31.4 Å². The number of ether oxygens (including phenoxy) is 1. The van der Waals surface area contributed by atoms with Crippen molar-refractivity contribution in [3.8, 4) is 0 Å². The van der Waals surface area contributed by atoms with E-state index in [1.807, 2.05) is 0 Å². The Morgan fingerprint density at radius 2 is 1.82 bits per heavy atom. The predicted octanol–water partition coefficient (Wildman–Crippen LogP) is 3.56. The van der Waals surface area contributed by atoms with Crippen LogP contribution >= 0.6 is 0 Å². The van der Waals surface area contributed by atoms with Crippen molar-refractivity contribution in [1.82, 2.24) is 0 Å². The molecule has 1 saturated carbocycles. The number of rotatable bonds is 2. The quantitative estimate of drug-likeness (QED) is 0.664. The van der Waals surface area contributed by atoms with Crippen LogP contribution in [0.25, 0.3) is 0 Å². The highest BCUT2D eigenvalue weighted by molar-refractivity contribution is 6.11. The molecule has 96 valence electrons. The second-order valence-electron chi connectivity index (χ2n) is 6.66. The topological polar surface area (TPSA) is 9.23 Å². The van der Waals surface area contributed by atoms with Crippen molar-refractivity contribution in [3.63, 3.8) is 0 Å². The molecule has 0 spiro atoms. The molecular weight excluding hydrogens is 207 g/mol. The van der Waals surface area contributed by atoms with Gasteiger partial charge in [-0.05, 0) is 24.3 Å². The SMILES string of the molecule is BC1CCCC2C(C(C)C)=C(C(C)C)OC2C1. The summed E-state index contributed by atoms with van der Waals surface area (Å²) in [5, 5.41) is 0. The summed E-state index contributed by atoms with van der Waals surface area (Å²) in [6.07, 6.45) is 5.87.